The summed E-state index contributed by atoms with van der Waals surface area (Å²) in [6, 6.07) is 9.44. The number of rotatable bonds is 6. The molecule has 0 aliphatic carbocycles. The van der Waals surface area contributed by atoms with Gasteiger partial charge in [-0.05, 0) is 5.56 Å². The Bertz CT molecular complexity index is 549. The molecule has 0 unspecified atom stereocenters. The van der Waals surface area contributed by atoms with Crippen molar-refractivity contribution in [2.75, 3.05) is 40.5 Å². The molecule has 0 bridgehead atoms. The zero-order valence-corrected chi connectivity index (χ0v) is 16.6. The van der Waals surface area contributed by atoms with Crippen molar-refractivity contribution in [1.29, 1.82) is 0 Å². The number of guanidine groups is 1. The van der Waals surface area contributed by atoms with Gasteiger partial charge < -0.3 is 9.80 Å². The summed E-state index contributed by atoms with van der Waals surface area (Å²) in [5.41, 5.74) is 0.937. The lowest BCUT2D eigenvalue weighted by atomic mass is 10.2. The van der Waals surface area contributed by atoms with Crippen LogP contribution in [0.25, 0.3) is 0 Å². The molecule has 0 saturated heterocycles. The van der Waals surface area contributed by atoms with Crippen LogP contribution in [0.1, 0.15) is 5.56 Å². The van der Waals surface area contributed by atoms with Gasteiger partial charge in [-0.15, -0.1) is 24.0 Å². The van der Waals surface area contributed by atoms with Crippen LogP contribution in [0, 0.1) is 0 Å². The van der Waals surface area contributed by atoms with Gasteiger partial charge >= 0.3 is 0 Å². The van der Waals surface area contributed by atoms with Crippen LogP contribution in [0.4, 0.5) is 0 Å². The van der Waals surface area contributed by atoms with Gasteiger partial charge in [0.1, 0.15) is 0 Å². The summed E-state index contributed by atoms with van der Waals surface area (Å²) in [5.74, 6) is 0.721. The zero-order chi connectivity index (χ0) is 15.9. The van der Waals surface area contributed by atoms with Gasteiger partial charge in [0.2, 0.25) is 10.0 Å². The number of aliphatic imine (C=N–C) groups is 1. The smallest absolute Gasteiger partial charge is 0.213 e. The van der Waals surface area contributed by atoms with Crippen LogP contribution in [0.15, 0.2) is 35.3 Å². The lowest BCUT2D eigenvalue weighted by molar-refractivity contribution is 0.480. The zero-order valence-electron chi connectivity index (χ0n) is 13.5. The van der Waals surface area contributed by atoms with E-state index in [0.717, 1.165) is 11.5 Å². The first-order valence-electron chi connectivity index (χ1n) is 6.72. The normalized spacial score (nSPS) is 10.5. The SMILES string of the molecule is CN(C)C(=NCCS(=O)(=O)NCc1ccccc1)N(C)C.I. The third-order valence-corrected chi connectivity index (χ3v) is 4.06. The topological polar surface area (TPSA) is 65.0 Å². The van der Waals surface area contributed by atoms with Crippen molar-refractivity contribution in [2.45, 2.75) is 6.54 Å². The molecule has 0 aromatic heterocycles. The van der Waals surface area contributed by atoms with Gasteiger partial charge in [0.15, 0.2) is 5.96 Å². The van der Waals surface area contributed by atoms with Crippen LogP contribution >= 0.6 is 24.0 Å². The van der Waals surface area contributed by atoms with E-state index in [2.05, 4.69) is 9.71 Å². The Balaban J connectivity index is 0.00000441. The van der Waals surface area contributed by atoms with Crippen LogP contribution in [-0.2, 0) is 16.6 Å². The second-order valence-corrected chi connectivity index (χ2v) is 7.02. The molecule has 1 aromatic rings. The minimum Gasteiger partial charge on any atom is -0.349 e. The van der Waals surface area contributed by atoms with Crippen LogP contribution in [0.2, 0.25) is 0 Å². The van der Waals surface area contributed by atoms with Gasteiger partial charge in [-0.2, -0.15) is 0 Å². The molecule has 0 heterocycles. The van der Waals surface area contributed by atoms with E-state index < -0.39 is 10.0 Å². The maximum atomic E-state index is 11.9. The molecule has 1 rings (SSSR count). The molecular weight excluding hydrogens is 415 g/mol. The predicted molar refractivity (Wildman–Crippen MR) is 102 cm³/mol. The Morgan fingerprint density at radius 3 is 2.14 bits per heavy atom. The van der Waals surface area contributed by atoms with Crippen molar-refractivity contribution in [1.82, 2.24) is 14.5 Å². The van der Waals surface area contributed by atoms with Crippen LogP contribution < -0.4 is 4.72 Å². The molecular formula is C14H25IN4O2S. The Kier molecular flexibility index (Phi) is 9.61. The van der Waals surface area contributed by atoms with Gasteiger partial charge in [0.05, 0.1) is 12.3 Å². The Hall–Kier alpha value is -0.870. The average molecular weight is 440 g/mol. The summed E-state index contributed by atoms with van der Waals surface area (Å²) >= 11 is 0. The standard InChI is InChI=1S/C14H24N4O2S.HI/c1-17(2)14(18(3)4)15-10-11-21(19,20)16-12-13-8-6-5-7-9-13;/h5-9,16H,10-12H2,1-4H3;1H. The first kappa shape index (κ1) is 21.1. The summed E-state index contributed by atoms with van der Waals surface area (Å²) in [6.45, 7) is 0.539. The van der Waals surface area contributed by atoms with E-state index in [4.69, 9.17) is 0 Å². The number of hydrogen-bond acceptors (Lipinski definition) is 3. The van der Waals surface area contributed by atoms with Gasteiger partial charge in [0.25, 0.3) is 0 Å². The van der Waals surface area contributed by atoms with Gasteiger partial charge in [-0.3, -0.25) is 4.99 Å². The summed E-state index contributed by atoms with van der Waals surface area (Å²) in [6.07, 6.45) is 0. The molecule has 22 heavy (non-hydrogen) atoms. The highest BCUT2D eigenvalue weighted by molar-refractivity contribution is 14.0. The highest BCUT2D eigenvalue weighted by Gasteiger charge is 2.10. The van der Waals surface area contributed by atoms with E-state index >= 15 is 0 Å². The summed E-state index contributed by atoms with van der Waals surface area (Å²) in [7, 11) is 4.18. The van der Waals surface area contributed by atoms with Crippen LogP contribution in [-0.4, -0.2) is 64.7 Å². The molecule has 1 aromatic carbocycles. The molecule has 0 radical (unpaired) electrons. The van der Waals surface area contributed by atoms with Crippen LogP contribution in [0.5, 0.6) is 0 Å². The minimum absolute atomic E-state index is 0. The number of sulfonamides is 1. The van der Waals surface area contributed by atoms with Gasteiger partial charge in [0, 0.05) is 34.7 Å². The lowest BCUT2D eigenvalue weighted by Crippen LogP contribution is -2.36. The molecule has 0 spiro atoms. The monoisotopic (exact) mass is 440 g/mol. The van der Waals surface area contributed by atoms with Crippen molar-refractivity contribution in [3.05, 3.63) is 35.9 Å². The number of nitrogens with one attached hydrogen (secondary N) is 1. The Labute approximate surface area is 150 Å². The predicted octanol–water partition coefficient (Wildman–Crippen LogP) is 1.20. The fourth-order valence-corrected chi connectivity index (χ4v) is 2.67. The summed E-state index contributed by atoms with van der Waals surface area (Å²) < 4.78 is 26.4. The number of hydrogen-bond donors (Lipinski definition) is 1. The maximum Gasteiger partial charge on any atom is 0.213 e. The van der Waals surface area contributed by atoms with E-state index in [1.165, 1.54) is 0 Å². The van der Waals surface area contributed by atoms with Crippen molar-refractivity contribution < 1.29 is 8.42 Å². The second kappa shape index (κ2) is 10.0. The van der Waals surface area contributed by atoms with Gasteiger partial charge in [-0.1, -0.05) is 30.3 Å². The molecule has 6 nitrogen and oxygen atoms in total. The van der Waals surface area contributed by atoms with E-state index in [1.54, 1.807) is 0 Å². The molecule has 0 atom stereocenters. The van der Waals surface area contributed by atoms with Crippen molar-refractivity contribution in [3.63, 3.8) is 0 Å². The fourth-order valence-electron chi connectivity index (χ4n) is 1.81. The van der Waals surface area contributed by atoms with Crippen molar-refractivity contribution >= 4 is 40.0 Å². The van der Waals surface area contributed by atoms with Crippen LogP contribution in [0.3, 0.4) is 0 Å². The van der Waals surface area contributed by atoms with E-state index in [9.17, 15) is 8.42 Å². The Morgan fingerprint density at radius 2 is 1.64 bits per heavy atom. The molecule has 0 aliphatic heterocycles. The molecule has 0 saturated carbocycles. The molecule has 8 heteroatoms. The average Bonchev–Trinajstić information content (AvgIpc) is 2.42. The number of benzene rings is 1. The van der Waals surface area contributed by atoms with Crippen molar-refractivity contribution in [3.8, 4) is 0 Å². The maximum absolute atomic E-state index is 11.9. The van der Waals surface area contributed by atoms with E-state index in [1.807, 2.05) is 68.3 Å². The van der Waals surface area contributed by atoms with Gasteiger partial charge in [-0.25, -0.2) is 13.1 Å². The van der Waals surface area contributed by atoms with E-state index in [0.29, 0.717) is 6.54 Å². The quantitative estimate of drug-likeness (QED) is 0.410. The third-order valence-electron chi connectivity index (χ3n) is 2.75. The Morgan fingerprint density at radius 1 is 1.09 bits per heavy atom. The lowest BCUT2D eigenvalue weighted by Gasteiger charge is -2.22. The molecule has 0 fully saturated rings. The fraction of sp³-hybridized carbons (Fsp3) is 0.500. The third kappa shape index (κ3) is 7.95. The highest BCUT2D eigenvalue weighted by Crippen LogP contribution is 1.99. The molecule has 126 valence electrons. The number of nitrogens with zero attached hydrogens (tertiary/aromatic N) is 3. The first-order chi connectivity index (χ1) is 9.82. The second-order valence-electron chi connectivity index (χ2n) is 5.10. The largest absolute Gasteiger partial charge is 0.349 e. The molecule has 1 N–H and O–H groups in total. The van der Waals surface area contributed by atoms with Crippen molar-refractivity contribution in [2.24, 2.45) is 4.99 Å². The number of halogens is 1. The first-order valence-corrected chi connectivity index (χ1v) is 8.37. The summed E-state index contributed by atoms with van der Waals surface area (Å²) in [4.78, 5) is 8.01. The van der Waals surface area contributed by atoms with E-state index in [-0.39, 0.29) is 36.3 Å². The molecule has 0 aliphatic rings. The molecule has 0 amide bonds. The minimum atomic E-state index is -3.32. The highest BCUT2D eigenvalue weighted by atomic mass is 127. The summed E-state index contributed by atoms with van der Waals surface area (Å²) in [5, 5.41) is 0.